The van der Waals surface area contributed by atoms with Crippen LogP contribution in [-0.4, -0.2) is 40.0 Å². The van der Waals surface area contributed by atoms with Gasteiger partial charge in [-0.05, 0) is 68.8 Å². The molecule has 1 atom stereocenters. The summed E-state index contributed by atoms with van der Waals surface area (Å²) < 4.78 is 1.40. The van der Waals surface area contributed by atoms with Crippen LogP contribution in [-0.2, 0) is 6.54 Å². The lowest BCUT2D eigenvalue weighted by molar-refractivity contribution is 0.0938. The number of rotatable bonds is 6. The topological polar surface area (TPSA) is 87.2 Å². The maximum Gasteiger partial charge on any atom is 0.316 e. The standard InChI is InChI=1S/C23H25ClN4O3/c1-2-28-19-9-8-16(13-18(19)26-22(30)23(28)31)21(29)25-14-20(27-10-3-4-11-27)15-6-5-7-17(24)12-15/h5-9,12-13,20H,2-4,10-11,14H2,1H3,(H,25,29)(H,26,30). The van der Waals surface area contributed by atoms with E-state index >= 15 is 0 Å². The molecule has 7 nitrogen and oxygen atoms in total. The summed E-state index contributed by atoms with van der Waals surface area (Å²) in [4.78, 5) is 41.8. The number of carbonyl (C=O) groups excluding carboxylic acids is 1. The Hall–Kier alpha value is -2.90. The number of benzene rings is 2. The van der Waals surface area contributed by atoms with Crippen LogP contribution in [0.15, 0.2) is 52.1 Å². The SMILES string of the molecule is CCn1c(=O)c(=O)[nH]c2cc(C(=O)NCC(c3cccc(Cl)c3)N3CCCC3)ccc21. The number of amides is 1. The number of aryl methyl sites for hydroxylation is 1. The minimum absolute atomic E-state index is 0.0377. The lowest BCUT2D eigenvalue weighted by Gasteiger charge is -2.28. The van der Waals surface area contributed by atoms with Crippen molar-refractivity contribution in [3.63, 3.8) is 0 Å². The van der Waals surface area contributed by atoms with Gasteiger partial charge in [0, 0.05) is 23.7 Å². The summed E-state index contributed by atoms with van der Waals surface area (Å²) in [7, 11) is 0. The van der Waals surface area contributed by atoms with Crippen molar-refractivity contribution in [3.8, 4) is 0 Å². The second-order valence-electron chi connectivity index (χ2n) is 7.76. The molecule has 1 fully saturated rings. The van der Waals surface area contributed by atoms with Gasteiger partial charge >= 0.3 is 11.1 Å². The van der Waals surface area contributed by atoms with E-state index in [4.69, 9.17) is 11.6 Å². The number of halogens is 1. The fourth-order valence-electron chi connectivity index (χ4n) is 4.25. The molecule has 1 unspecified atom stereocenters. The number of nitrogens with one attached hydrogen (secondary N) is 2. The predicted molar refractivity (Wildman–Crippen MR) is 122 cm³/mol. The molecular weight excluding hydrogens is 416 g/mol. The molecule has 162 valence electrons. The summed E-state index contributed by atoms with van der Waals surface area (Å²) >= 11 is 6.20. The Kier molecular flexibility index (Phi) is 6.25. The van der Waals surface area contributed by atoms with E-state index in [1.165, 1.54) is 4.57 Å². The minimum Gasteiger partial charge on any atom is -0.350 e. The molecule has 1 aromatic heterocycles. The molecule has 0 radical (unpaired) electrons. The highest BCUT2D eigenvalue weighted by Gasteiger charge is 2.24. The van der Waals surface area contributed by atoms with Crippen LogP contribution in [0.4, 0.5) is 0 Å². The van der Waals surface area contributed by atoms with Gasteiger partial charge in [0.05, 0.1) is 17.1 Å². The third kappa shape index (κ3) is 4.43. The third-order valence-corrected chi connectivity index (χ3v) is 6.06. The molecule has 1 aliphatic heterocycles. The number of H-pyrrole nitrogens is 1. The quantitative estimate of drug-likeness (QED) is 0.577. The predicted octanol–water partition coefficient (Wildman–Crippen LogP) is 2.93. The molecule has 0 bridgehead atoms. The number of aromatic amines is 1. The van der Waals surface area contributed by atoms with Gasteiger partial charge in [-0.3, -0.25) is 19.3 Å². The first-order chi connectivity index (χ1) is 15.0. The Bertz CT molecular complexity index is 1230. The molecule has 2 N–H and O–H groups in total. The number of hydrogen-bond acceptors (Lipinski definition) is 4. The number of fused-ring (bicyclic) bond motifs is 1. The molecular formula is C23H25ClN4O3. The molecule has 31 heavy (non-hydrogen) atoms. The second-order valence-corrected chi connectivity index (χ2v) is 8.20. The van der Waals surface area contributed by atoms with E-state index in [1.54, 1.807) is 25.1 Å². The van der Waals surface area contributed by atoms with E-state index in [9.17, 15) is 14.4 Å². The molecule has 0 aliphatic carbocycles. The first-order valence-electron chi connectivity index (χ1n) is 10.5. The van der Waals surface area contributed by atoms with Crippen LogP contribution in [0.5, 0.6) is 0 Å². The molecule has 0 saturated carbocycles. The van der Waals surface area contributed by atoms with Crippen LogP contribution in [0.25, 0.3) is 11.0 Å². The number of likely N-dealkylation sites (tertiary alicyclic amines) is 1. The smallest absolute Gasteiger partial charge is 0.316 e. The van der Waals surface area contributed by atoms with Crippen LogP contribution in [0.3, 0.4) is 0 Å². The van der Waals surface area contributed by atoms with Gasteiger partial charge in [-0.2, -0.15) is 0 Å². The van der Waals surface area contributed by atoms with Gasteiger partial charge in [-0.25, -0.2) is 0 Å². The van der Waals surface area contributed by atoms with Crippen molar-refractivity contribution in [3.05, 3.63) is 79.3 Å². The average Bonchev–Trinajstić information content (AvgIpc) is 3.29. The first kappa shape index (κ1) is 21.3. The van der Waals surface area contributed by atoms with Crippen molar-refractivity contribution in [2.45, 2.75) is 32.4 Å². The number of hydrogen-bond donors (Lipinski definition) is 2. The minimum atomic E-state index is -0.693. The number of aromatic nitrogens is 2. The first-order valence-corrected chi connectivity index (χ1v) is 10.9. The monoisotopic (exact) mass is 440 g/mol. The summed E-state index contributed by atoms with van der Waals surface area (Å²) in [5, 5.41) is 3.70. The normalized spacial score (nSPS) is 15.3. The van der Waals surface area contributed by atoms with Crippen molar-refractivity contribution in [2.24, 2.45) is 0 Å². The second kappa shape index (κ2) is 9.08. The summed E-state index contributed by atoms with van der Waals surface area (Å²) in [5.74, 6) is -0.233. The van der Waals surface area contributed by atoms with Crippen molar-refractivity contribution in [2.75, 3.05) is 19.6 Å². The molecule has 1 amide bonds. The van der Waals surface area contributed by atoms with Crippen LogP contribution >= 0.6 is 11.6 Å². The molecule has 3 aromatic rings. The molecule has 1 aliphatic rings. The Morgan fingerprint density at radius 2 is 1.94 bits per heavy atom. The van der Waals surface area contributed by atoms with Crippen molar-refractivity contribution in [1.29, 1.82) is 0 Å². The maximum atomic E-state index is 12.9. The van der Waals surface area contributed by atoms with Crippen molar-refractivity contribution in [1.82, 2.24) is 19.8 Å². The lowest BCUT2D eigenvalue weighted by atomic mass is 10.1. The van der Waals surface area contributed by atoms with Crippen LogP contribution in [0.1, 0.15) is 41.7 Å². The van der Waals surface area contributed by atoms with E-state index in [2.05, 4.69) is 15.2 Å². The van der Waals surface area contributed by atoms with E-state index < -0.39 is 11.1 Å². The maximum absolute atomic E-state index is 12.9. The van der Waals surface area contributed by atoms with Gasteiger partial charge in [0.25, 0.3) is 5.91 Å². The zero-order valence-electron chi connectivity index (χ0n) is 17.4. The number of nitrogens with zero attached hydrogens (tertiary/aromatic N) is 2. The fourth-order valence-corrected chi connectivity index (χ4v) is 4.45. The Morgan fingerprint density at radius 3 is 2.65 bits per heavy atom. The van der Waals surface area contributed by atoms with Gasteiger partial charge in [-0.15, -0.1) is 0 Å². The summed E-state index contributed by atoms with van der Waals surface area (Å²) in [6.45, 7) is 4.59. The summed E-state index contributed by atoms with van der Waals surface area (Å²) in [6.07, 6.45) is 2.28. The Balaban J connectivity index is 1.57. The molecule has 0 spiro atoms. The highest BCUT2D eigenvalue weighted by Crippen LogP contribution is 2.26. The van der Waals surface area contributed by atoms with Crippen molar-refractivity contribution >= 4 is 28.5 Å². The highest BCUT2D eigenvalue weighted by atomic mass is 35.5. The largest absolute Gasteiger partial charge is 0.350 e. The van der Waals surface area contributed by atoms with Gasteiger partial charge in [0.1, 0.15) is 0 Å². The molecule has 2 heterocycles. The van der Waals surface area contributed by atoms with Crippen LogP contribution in [0, 0.1) is 0 Å². The third-order valence-electron chi connectivity index (χ3n) is 5.82. The van der Waals surface area contributed by atoms with Gasteiger partial charge in [0.2, 0.25) is 0 Å². The molecule has 8 heteroatoms. The summed E-state index contributed by atoms with van der Waals surface area (Å²) in [6, 6.07) is 12.8. The molecule has 1 saturated heterocycles. The van der Waals surface area contributed by atoms with Crippen molar-refractivity contribution < 1.29 is 4.79 Å². The number of carbonyl (C=O) groups is 1. The van der Waals surface area contributed by atoms with E-state index in [1.807, 2.05) is 24.3 Å². The molecule has 4 rings (SSSR count). The summed E-state index contributed by atoms with van der Waals surface area (Å²) in [5.41, 5.74) is 1.27. The van der Waals surface area contributed by atoms with E-state index in [0.717, 1.165) is 31.5 Å². The van der Waals surface area contributed by atoms with Crippen LogP contribution in [0.2, 0.25) is 5.02 Å². The van der Waals surface area contributed by atoms with Gasteiger partial charge in [-0.1, -0.05) is 23.7 Å². The van der Waals surface area contributed by atoms with E-state index in [0.29, 0.717) is 34.7 Å². The molecule has 2 aromatic carbocycles. The highest BCUT2D eigenvalue weighted by molar-refractivity contribution is 6.30. The lowest BCUT2D eigenvalue weighted by Crippen LogP contribution is -2.37. The zero-order valence-corrected chi connectivity index (χ0v) is 18.1. The van der Waals surface area contributed by atoms with E-state index in [-0.39, 0.29) is 11.9 Å². The van der Waals surface area contributed by atoms with Gasteiger partial charge in [0.15, 0.2) is 0 Å². The zero-order chi connectivity index (χ0) is 22.0. The fraction of sp³-hybridized carbons (Fsp3) is 0.348. The average molecular weight is 441 g/mol. The Labute approximate surface area is 184 Å². The Morgan fingerprint density at radius 1 is 1.16 bits per heavy atom. The van der Waals surface area contributed by atoms with Crippen LogP contribution < -0.4 is 16.4 Å². The van der Waals surface area contributed by atoms with Gasteiger partial charge < -0.3 is 14.9 Å².